The number of rotatable bonds is 6. The smallest absolute Gasteiger partial charge is 0.141 e. The number of halogens is 1. The van der Waals surface area contributed by atoms with Crippen molar-refractivity contribution in [2.45, 2.75) is 40.3 Å². The summed E-state index contributed by atoms with van der Waals surface area (Å²) in [7, 11) is 0. The van der Waals surface area contributed by atoms with E-state index in [1.54, 1.807) is 6.33 Å². The highest BCUT2D eigenvalue weighted by atomic mass is 35.5. The van der Waals surface area contributed by atoms with Gasteiger partial charge in [0.2, 0.25) is 0 Å². The Morgan fingerprint density at radius 1 is 1.50 bits per heavy atom. The van der Waals surface area contributed by atoms with Gasteiger partial charge in [0.1, 0.15) is 12.2 Å². The van der Waals surface area contributed by atoms with Gasteiger partial charge in [-0.3, -0.25) is 0 Å². The Kier molecular flexibility index (Phi) is 4.74. The van der Waals surface area contributed by atoms with E-state index in [2.05, 4.69) is 43.1 Å². The predicted octanol–water partition coefficient (Wildman–Crippen LogP) is 2.21. The molecule has 0 aliphatic heterocycles. The highest BCUT2D eigenvalue weighted by molar-refractivity contribution is 6.18. The van der Waals surface area contributed by atoms with Crippen molar-refractivity contribution in [2.24, 2.45) is 5.41 Å². The molecule has 1 aromatic heterocycles. The van der Waals surface area contributed by atoms with Crippen LogP contribution in [-0.4, -0.2) is 27.2 Å². The van der Waals surface area contributed by atoms with Crippen LogP contribution in [0.5, 0.6) is 0 Å². The van der Waals surface area contributed by atoms with Crippen LogP contribution in [0.25, 0.3) is 0 Å². The van der Waals surface area contributed by atoms with E-state index in [0.29, 0.717) is 11.9 Å². The van der Waals surface area contributed by atoms with Crippen molar-refractivity contribution in [2.75, 3.05) is 12.4 Å². The van der Waals surface area contributed by atoms with Crippen molar-refractivity contribution >= 4 is 11.6 Å². The topological polar surface area (TPSA) is 42.7 Å². The minimum Gasteiger partial charge on any atom is -0.309 e. The maximum absolute atomic E-state index is 5.86. The summed E-state index contributed by atoms with van der Waals surface area (Å²) in [4.78, 5) is 4.24. The van der Waals surface area contributed by atoms with Crippen LogP contribution in [0.3, 0.4) is 0 Å². The van der Waals surface area contributed by atoms with Crippen LogP contribution in [0.15, 0.2) is 6.33 Å². The fourth-order valence-corrected chi connectivity index (χ4v) is 1.49. The average molecular weight is 245 g/mol. The van der Waals surface area contributed by atoms with E-state index in [4.69, 9.17) is 11.6 Å². The lowest BCUT2D eigenvalue weighted by atomic mass is 9.97. The molecule has 92 valence electrons. The highest BCUT2D eigenvalue weighted by Crippen LogP contribution is 2.15. The molecule has 0 radical (unpaired) electrons. The Balaban J connectivity index is 2.46. The second-order valence-electron chi connectivity index (χ2n) is 5.12. The Labute approximate surface area is 102 Å². The first kappa shape index (κ1) is 13.5. The maximum Gasteiger partial charge on any atom is 0.141 e. The highest BCUT2D eigenvalue weighted by Gasteiger charge is 2.16. The summed E-state index contributed by atoms with van der Waals surface area (Å²) in [5, 5.41) is 7.56. The first-order chi connectivity index (χ1) is 7.46. The molecule has 0 unspecified atom stereocenters. The largest absolute Gasteiger partial charge is 0.309 e. The molecule has 0 amide bonds. The van der Waals surface area contributed by atoms with Crippen LogP contribution < -0.4 is 5.32 Å². The molecular formula is C11H21ClN4. The second-order valence-corrected chi connectivity index (χ2v) is 5.38. The quantitative estimate of drug-likeness (QED) is 0.781. The minimum absolute atomic E-state index is 0.115. The Morgan fingerprint density at radius 2 is 2.19 bits per heavy atom. The summed E-state index contributed by atoms with van der Waals surface area (Å²) >= 11 is 5.86. The standard InChI is InChI=1S/C11H21ClN4/c1-9(2)16-10(14-8-15-16)5-13-7-11(3,4)6-12/h8-9,13H,5-7H2,1-4H3. The summed E-state index contributed by atoms with van der Waals surface area (Å²) in [5.41, 5.74) is 0.115. The molecule has 16 heavy (non-hydrogen) atoms. The van der Waals surface area contributed by atoms with E-state index >= 15 is 0 Å². The normalized spacial score (nSPS) is 12.4. The molecule has 0 atom stereocenters. The van der Waals surface area contributed by atoms with Crippen molar-refractivity contribution in [3.8, 4) is 0 Å². The lowest BCUT2D eigenvalue weighted by Gasteiger charge is -2.21. The first-order valence-electron chi connectivity index (χ1n) is 5.61. The van der Waals surface area contributed by atoms with Gasteiger partial charge in [-0.25, -0.2) is 9.67 Å². The van der Waals surface area contributed by atoms with Crippen LogP contribution in [0.1, 0.15) is 39.6 Å². The van der Waals surface area contributed by atoms with E-state index in [9.17, 15) is 0 Å². The van der Waals surface area contributed by atoms with E-state index in [0.717, 1.165) is 18.9 Å². The van der Waals surface area contributed by atoms with Gasteiger partial charge in [-0.1, -0.05) is 13.8 Å². The van der Waals surface area contributed by atoms with Crippen molar-refractivity contribution in [1.29, 1.82) is 0 Å². The third-order valence-electron chi connectivity index (χ3n) is 2.38. The number of aromatic nitrogens is 3. The van der Waals surface area contributed by atoms with Crippen LogP contribution >= 0.6 is 11.6 Å². The molecule has 0 saturated heterocycles. The summed E-state index contributed by atoms with van der Waals surface area (Å²) in [6, 6.07) is 0.348. The summed E-state index contributed by atoms with van der Waals surface area (Å²) in [6.07, 6.45) is 1.60. The fourth-order valence-electron chi connectivity index (χ4n) is 1.39. The molecule has 5 heteroatoms. The minimum atomic E-state index is 0.115. The van der Waals surface area contributed by atoms with Gasteiger partial charge in [-0.2, -0.15) is 5.10 Å². The number of hydrogen-bond acceptors (Lipinski definition) is 3. The van der Waals surface area contributed by atoms with E-state index < -0.39 is 0 Å². The Hall–Kier alpha value is -0.610. The molecule has 0 aliphatic rings. The van der Waals surface area contributed by atoms with Gasteiger partial charge in [-0.05, 0) is 19.3 Å². The van der Waals surface area contributed by atoms with Crippen molar-refractivity contribution in [1.82, 2.24) is 20.1 Å². The van der Waals surface area contributed by atoms with E-state index in [1.807, 2.05) is 4.68 Å². The van der Waals surface area contributed by atoms with E-state index in [-0.39, 0.29) is 5.41 Å². The summed E-state index contributed by atoms with van der Waals surface area (Å²) < 4.78 is 1.93. The zero-order valence-corrected chi connectivity index (χ0v) is 11.3. The predicted molar refractivity (Wildman–Crippen MR) is 66.6 cm³/mol. The number of nitrogens with zero attached hydrogens (tertiary/aromatic N) is 3. The zero-order chi connectivity index (χ0) is 12.2. The molecule has 0 bridgehead atoms. The molecule has 1 N–H and O–H groups in total. The second kappa shape index (κ2) is 5.64. The fraction of sp³-hybridized carbons (Fsp3) is 0.818. The van der Waals surface area contributed by atoms with Gasteiger partial charge in [0, 0.05) is 18.5 Å². The third kappa shape index (κ3) is 3.76. The first-order valence-corrected chi connectivity index (χ1v) is 6.15. The molecule has 1 heterocycles. The van der Waals surface area contributed by atoms with Gasteiger partial charge >= 0.3 is 0 Å². The molecule has 0 spiro atoms. The van der Waals surface area contributed by atoms with Gasteiger partial charge in [0.05, 0.1) is 6.54 Å². The third-order valence-corrected chi connectivity index (χ3v) is 3.11. The molecule has 4 nitrogen and oxygen atoms in total. The van der Waals surface area contributed by atoms with Crippen LogP contribution in [0, 0.1) is 5.41 Å². The molecule has 1 aromatic rings. The maximum atomic E-state index is 5.86. The SMILES string of the molecule is CC(C)n1ncnc1CNCC(C)(C)CCl. The Bertz CT molecular complexity index is 320. The summed E-state index contributed by atoms with van der Waals surface area (Å²) in [5.74, 6) is 1.62. The van der Waals surface area contributed by atoms with Gasteiger partial charge in [0.25, 0.3) is 0 Å². The number of alkyl halides is 1. The van der Waals surface area contributed by atoms with Crippen LogP contribution in [-0.2, 0) is 6.54 Å². The monoisotopic (exact) mass is 244 g/mol. The molecule has 0 aliphatic carbocycles. The Morgan fingerprint density at radius 3 is 2.75 bits per heavy atom. The van der Waals surface area contributed by atoms with Crippen LogP contribution in [0.4, 0.5) is 0 Å². The summed E-state index contributed by atoms with van der Waals surface area (Å²) in [6.45, 7) is 10.1. The molecule has 0 saturated carbocycles. The average Bonchev–Trinajstić information content (AvgIpc) is 2.66. The van der Waals surface area contributed by atoms with Crippen molar-refractivity contribution < 1.29 is 0 Å². The molecular weight excluding hydrogens is 224 g/mol. The number of nitrogens with one attached hydrogen (secondary N) is 1. The molecule has 1 rings (SSSR count). The van der Waals surface area contributed by atoms with E-state index in [1.165, 1.54) is 0 Å². The molecule has 0 fully saturated rings. The number of hydrogen-bond donors (Lipinski definition) is 1. The van der Waals surface area contributed by atoms with Crippen molar-refractivity contribution in [3.63, 3.8) is 0 Å². The van der Waals surface area contributed by atoms with Gasteiger partial charge in [0.15, 0.2) is 0 Å². The van der Waals surface area contributed by atoms with Gasteiger partial charge < -0.3 is 5.32 Å². The van der Waals surface area contributed by atoms with Crippen molar-refractivity contribution in [3.05, 3.63) is 12.2 Å². The van der Waals surface area contributed by atoms with Crippen LogP contribution in [0.2, 0.25) is 0 Å². The zero-order valence-electron chi connectivity index (χ0n) is 10.5. The lowest BCUT2D eigenvalue weighted by molar-refractivity contribution is 0.377. The lowest BCUT2D eigenvalue weighted by Crippen LogP contribution is -2.31. The molecule has 0 aromatic carbocycles. The van der Waals surface area contributed by atoms with Gasteiger partial charge in [-0.15, -0.1) is 11.6 Å².